The molecule has 0 amide bonds. The molecule has 2 nitrogen and oxygen atoms in total. The van der Waals surface area contributed by atoms with Crippen molar-refractivity contribution in [2.45, 2.75) is 49.5 Å². The van der Waals surface area contributed by atoms with Gasteiger partial charge in [0, 0.05) is 10.6 Å². The second-order valence-electron chi connectivity index (χ2n) is 5.81. The minimum absolute atomic E-state index is 0.634. The van der Waals surface area contributed by atoms with Crippen molar-refractivity contribution in [1.29, 1.82) is 0 Å². The zero-order valence-electron chi connectivity index (χ0n) is 13.2. The third-order valence-electron chi connectivity index (χ3n) is 3.57. The van der Waals surface area contributed by atoms with Crippen LogP contribution in [0.1, 0.15) is 33.3 Å². The van der Waals surface area contributed by atoms with Gasteiger partial charge in [-0.3, -0.25) is 0 Å². The van der Waals surface area contributed by atoms with Crippen LogP contribution >= 0.6 is 23.5 Å². The molecule has 0 heterocycles. The van der Waals surface area contributed by atoms with E-state index >= 15 is 0 Å². The molecule has 0 aliphatic carbocycles. The molecule has 0 unspecified atom stereocenters. The summed E-state index contributed by atoms with van der Waals surface area (Å²) >= 11 is 3.57. The van der Waals surface area contributed by atoms with E-state index in [0.717, 1.165) is 11.2 Å². The first kappa shape index (κ1) is 18.0. The lowest BCUT2D eigenvalue weighted by atomic mass is 9.82. The normalized spacial score (nSPS) is 12.6. The highest BCUT2D eigenvalue weighted by atomic mass is 32.2. The largest absolute Gasteiger partial charge is 0.427 e. The summed E-state index contributed by atoms with van der Waals surface area (Å²) in [6.07, 6.45) is 4.20. The molecule has 1 aromatic carbocycles. The van der Waals surface area contributed by atoms with Crippen molar-refractivity contribution in [2.24, 2.45) is 0 Å². The van der Waals surface area contributed by atoms with Crippen molar-refractivity contribution in [3.05, 3.63) is 23.8 Å². The first-order valence-corrected chi connectivity index (χ1v) is 9.22. The Morgan fingerprint density at radius 3 is 2.35 bits per heavy atom. The van der Waals surface area contributed by atoms with Crippen LogP contribution < -0.4 is 5.46 Å². The molecule has 1 aromatic rings. The summed E-state index contributed by atoms with van der Waals surface area (Å²) in [5.41, 5.74) is 0.843. The molecule has 0 saturated carbocycles. The van der Waals surface area contributed by atoms with Gasteiger partial charge in [0.05, 0.1) is 11.2 Å². The fourth-order valence-electron chi connectivity index (χ4n) is 1.47. The van der Waals surface area contributed by atoms with Crippen LogP contribution in [0.15, 0.2) is 23.1 Å². The molecule has 111 valence electrons. The highest BCUT2D eigenvalue weighted by Gasteiger charge is 2.35. The molecule has 1 radical (unpaired) electrons. The predicted molar refractivity (Wildman–Crippen MR) is 92.3 cm³/mol. The maximum Gasteiger partial charge on any atom is 0.330 e. The summed E-state index contributed by atoms with van der Waals surface area (Å²) in [6.45, 7) is 7.30. The summed E-state index contributed by atoms with van der Waals surface area (Å²) in [7, 11) is 1.74. The molecule has 0 fully saturated rings. The fraction of sp³-hybridized carbons (Fsp3) is 0.600. The number of aliphatic hydroxyl groups is 1. The Bertz CT molecular complexity index is 442. The first-order valence-electron chi connectivity index (χ1n) is 6.60. The third kappa shape index (κ3) is 4.73. The summed E-state index contributed by atoms with van der Waals surface area (Å²) in [6, 6.07) is 6.34. The summed E-state index contributed by atoms with van der Waals surface area (Å²) < 4.78 is 5.79. The molecule has 1 rings (SSSR count). The Balaban J connectivity index is 2.79. The van der Waals surface area contributed by atoms with Gasteiger partial charge in [-0.15, -0.1) is 11.8 Å². The Hall–Kier alpha value is -0.0951. The van der Waals surface area contributed by atoms with Gasteiger partial charge < -0.3 is 9.76 Å². The molecule has 0 spiro atoms. The topological polar surface area (TPSA) is 29.5 Å². The Kier molecular flexibility index (Phi) is 6.51. The monoisotopic (exact) mass is 311 g/mol. The average Bonchev–Trinajstić information content (AvgIpc) is 2.36. The lowest BCUT2D eigenvalue weighted by Gasteiger charge is -2.37. The Morgan fingerprint density at radius 1 is 1.20 bits per heavy atom. The molecule has 1 N–H and O–H groups in total. The van der Waals surface area contributed by atoms with E-state index in [9.17, 15) is 5.11 Å². The van der Waals surface area contributed by atoms with Crippen molar-refractivity contribution in [1.82, 2.24) is 0 Å². The van der Waals surface area contributed by atoms with E-state index in [0.29, 0.717) is 0 Å². The Labute approximate surface area is 132 Å². The summed E-state index contributed by atoms with van der Waals surface area (Å²) in [5.74, 6) is 1.02. The van der Waals surface area contributed by atoms with Crippen LogP contribution in [0.3, 0.4) is 0 Å². The fourth-order valence-corrected chi connectivity index (χ4v) is 2.78. The summed E-state index contributed by atoms with van der Waals surface area (Å²) in [4.78, 5) is 1.28. The highest BCUT2D eigenvalue weighted by molar-refractivity contribution is 7.99. The van der Waals surface area contributed by atoms with Gasteiger partial charge in [-0.2, -0.15) is 11.8 Å². The van der Waals surface area contributed by atoms with Crippen molar-refractivity contribution in [2.75, 3.05) is 12.5 Å². The van der Waals surface area contributed by atoms with Crippen molar-refractivity contribution in [3.8, 4) is 0 Å². The molecule has 0 saturated heterocycles. The lowest BCUT2D eigenvalue weighted by molar-refractivity contribution is -0.0893. The molecule has 0 aliphatic rings. The first-order chi connectivity index (χ1) is 9.21. The molecule has 0 aliphatic heterocycles. The average molecular weight is 311 g/mol. The van der Waals surface area contributed by atoms with E-state index in [4.69, 9.17) is 4.65 Å². The number of thioether (sulfide) groups is 2. The van der Waals surface area contributed by atoms with Crippen LogP contribution in [0.5, 0.6) is 0 Å². The number of hydrogen-bond acceptors (Lipinski definition) is 4. The third-order valence-corrected chi connectivity index (χ3v) is 4.99. The van der Waals surface area contributed by atoms with Gasteiger partial charge in [-0.25, -0.2) is 0 Å². The van der Waals surface area contributed by atoms with E-state index in [1.54, 1.807) is 33.1 Å². The van der Waals surface area contributed by atoms with Gasteiger partial charge in [-0.05, 0) is 45.8 Å². The zero-order valence-corrected chi connectivity index (χ0v) is 14.8. The van der Waals surface area contributed by atoms with Gasteiger partial charge in [0.2, 0.25) is 0 Å². The predicted octanol–water partition coefficient (Wildman–Crippen LogP) is 3.08. The van der Waals surface area contributed by atoms with Gasteiger partial charge >= 0.3 is 7.48 Å². The van der Waals surface area contributed by atoms with Crippen LogP contribution in [-0.4, -0.2) is 36.3 Å². The van der Waals surface area contributed by atoms with E-state index in [-0.39, 0.29) is 0 Å². The van der Waals surface area contributed by atoms with Crippen LogP contribution in [0, 0.1) is 0 Å². The van der Waals surface area contributed by atoms with E-state index in [1.165, 1.54) is 10.5 Å². The van der Waals surface area contributed by atoms with E-state index in [2.05, 4.69) is 30.7 Å². The molecular weight excluding hydrogens is 287 g/mol. The van der Waals surface area contributed by atoms with Gasteiger partial charge in [0.1, 0.15) is 0 Å². The molecule has 0 aromatic heterocycles. The lowest BCUT2D eigenvalue weighted by Crippen LogP contribution is -2.49. The van der Waals surface area contributed by atoms with Crippen LogP contribution in [0.2, 0.25) is 0 Å². The minimum atomic E-state index is -0.898. The molecule has 5 heteroatoms. The maximum absolute atomic E-state index is 10.1. The second-order valence-corrected chi connectivity index (χ2v) is 7.52. The van der Waals surface area contributed by atoms with Crippen LogP contribution in [0.25, 0.3) is 0 Å². The van der Waals surface area contributed by atoms with Crippen LogP contribution in [-0.2, 0) is 10.4 Å². The quantitative estimate of drug-likeness (QED) is 0.619. The maximum atomic E-state index is 10.1. The molecule has 0 atom stereocenters. The van der Waals surface area contributed by atoms with Crippen molar-refractivity contribution >= 4 is 36.5 Å². The van der Waals surface area contributed by atoms with Gasteiger partial charge in [0.25, 0.3) is 0 Å². The zero-order chi connectivity index (χ0) is 15.4. The van der Waals surface area contributed by atoms with Crippen molar-refractivity contribution < 1.29 is 9.76 Å². The SMILES string of the molecule is CSCc1ccc([B]OC(C)(C)C(C)(C)O)cc1SC. The van der Waals surface area contributed by atoms with E-state index < -0.39 is 11.2 Å². The highest BCUT2D eigenvalue weighted by Crippen LogP contribution is 2.25. The number of rotatable bonds is 7. The summed E-state index contributed by atoms with van der Waals surface area (Å²) in [5, 5.41) is 10.1. The molecular formula is C15H24BO2S2. The number of hydrogen-bond donors (Lipinski definition) is 1. The second kappa shape index (κ2) is 7.25. The Morgan fingerprint density at radius 2 is 1.85 bits per heavy atom. The molecule has 20 heavy (non-hydrogen) atoms. The van der Waals surface area contributed by atoms with Gasteiger partial charge in [-0.1, -0.05) is 23.7 Å². The minimum Gasteiger partial charge on any atom is -0.427 e. The number of benzene rings is 1. The van der Waals surface area contributed by atoms with Gasteiger partial charge in [0.15, 0.2) is 0 Å². The van der Waals surface area contributed by atoms with Crippen LogP contribution in [0.4, 0.5) is 0 Å². The molecule has 0 bridgehead atoms. The smallest absolute Gasteiger partial charge is 0.330 e. The standard InChI is InChI=1S/C15H24BO2S2/c1-14(2,17)15(3,4)18-16-12-8-7-11(10-19-5)13(9-12)20-6/h7-9,17H,10H2,1-6H3. The van der Waals surface area contributed by atoms with Crippen molar-refractivity contribution in [3.63, 3.8) is 0 Å². The van der Waals surface area contributed by atoms with E-state index in [1.807, 2.05) is 25.6 Å².